The molecule has 148 valence electrons. The monoisotopic (exact) mass is 392 g/mol. The maximum absolute atomic E-state index is 8.84. The van der Waals surface area contributed by atoms with Gasteiger partial charge in [0, 0.05) is 18.1 Å². The number of ether oxygens (including phenoxy) is 2. The smallest absolute Gasteiger partial charge is 0.259 e. The molecule has 0 amide bonds. The van der Waals surface area contributed by atoms with Crippen LogP contribution in [-0.4, -0.2) is 62.1 Å². The first-order chi connectivity index (χ1) is 12.9. The molecule has 1 fully saturated rings. The zero-order valence-corrected chi connectivity index (χ0v) is 17.6. The fraction of sp³-hybridized carbons (Fsp3) is 0.737. The Morgan fingerprint density at radius 2 is 2.00 bits per heavy atom. The number of hydrogen-bond donors (Lipinski definition) is 0. The van der Waals surface area contributed by atoms with Crippen molar-refractivity contribution in [3.05, 3.63) is 12.7 Å². The van der Waals surface area contributed by atoms with Gasteiger partial charge >= 0.3 is 0 Å². The van der Waals surface area contributed by atoms with E-state index in [-0.39, 0.29) is 24.8 Å². The molecule has 1 aliphatic heterocycles. The second kappa shape index (κ2) is 12.5. The van der Waals surface area contributed by atoms with E-state index < -0.39 is 26.7 Å². The highest BCUT2D eigenvalue weighted by Crippen LogP contribution is 2.49. The van der Waals surface area contributed by atoms with Crippen molar-refractivity contribution in [3.8, 4) is 18.4 Å². The summed E-state index contributed by atoms with van der Waals surface area (Å²) in [6.45, 7) is 12.5. The predicted octanol–water partition coefficient (Wildman–Crippen LogP) is 3.14. The summed E-state index contributed by atoms with van der Waals surface area (Å²) in [7, 11) is 4.66. The van der Waals surface area contributed by atoms with Gasteiger partial charge in [-0.15, -0.1) is 13.0 Å². The van der Waals surface area contributed by atoms with Gasteiger partial charge in [0.25, 0.3) is 8.53 Å². The summed E-state index contributed by atoms with van der Waals surface area (Å²) < 4.78 is 26.1. The Kier molecular flexibility index (Phi) is 11.2. The molecule has 5 unspecified atom stereocenters. The Hall–Kier alpha value is -0.915. The molecule has 0 spiro atoms. The van der Waals surface area contributed by atoms with E-state index in [0.29, 0.717) is 19.4 Å². The molecular formula is C19H30BN2O4P. The number of nitrogens with zero attached hydrogens (tertiary/aromatic N) is 2. The molecule has 5 atom stereocenters. The van der Waals surface area contributed by atoms with E-state index in [4.69, 9.17) is 38.1 Å². The van der Waals surface area contributed by atoms with Gasteiger partial charge in [0.05, 0.1) is 25.2 Å². The SMILES string of the molecule is [B]C1OC(CC=C)C(OP(OCCC#N)N(C(C)C)C(C)C)C1OCC#C. The summed E-state index contributed by atoms with van der Waals surface area (Å²) in [5.74, 6) is 2.46. The van der Waals surface area contributed by atoms with Gasteiger partial charge < -0.3 is 18.5 Å². The molecule has 1 heterocycles. The van der Waals surface area contributed by atoms with E-state index in [0.717, 1.165) is 0 Å². The molecule has 1 aliphatic rings. The molecule has 8 heteroatoms. The van der Waals surface area contributed by atoms with Crippen molar-refractivity contribution in [2.45, 2.75) is 76.9 Å². The highest BCUT2D eigenvalue weighted by atomic mass is 31.2. The minimum atomic E-state index is -1.44. The fourth-order valence-electron chi connectivity index (χ4n) is 2.97. The lowest BCUT2D eigenvalue weighted by atomic mass is 9.92. The van der Waals surface area contributed by atoms with Crippen molar-refractivity contribution < 1.29 is 18.5 Å². The maximum Gasteiger partial charge on any atom is 0.259 e. The topological polar surface area (TPSA) is 64.0 Å². The first-order valence-corrected chi connectivity index (χ1v) is 10.3. The Bertz CT molecular complexity index is 527. The third kappa shape index (κ3) is 7.20. The van der Waals surface area contributed by atoms with Gasteiger partial charge in [-0.1, -0.05) is 12.0 Å². The van der Waals surface area contributed by atoms with Crippen molar-refractivity contribution in [3.63, 3.8) is 0 Å². The first kappa shape index (κ1) is 24.1. The number of rotatable bonds is 12. The quantitative estimate of drug-likeness (QED) is 0.167. The van der Waals surface area contributed by atoms with Crippen LogP contribution in [0.2, 0.25) is 0 Å². The Labute approximate surface area is 166 Å². The van der Waals surface area contributed by atoms with Crippen molar-refractivity contribution in [2.75, 3.05) is 13.2 Å². The van der Waals surface area contributed by atoms with Crippen LogP contribution in [0.25, 0.3) is 0 Å². The van der Waals surface area contributed by atoms with E-state index in [1.54, 1.807) is 6.08 Å². The summed E-state index contributed by atoms with van der Waals surface area (Å²) in [5.41, 5.74) is 0. The highest BCUT2D eigenvalue weighted by molar-refractivity contribution is 7.44. The van der Waals surface area contributed by atoms with Crippen LogP contribution in [0.4, 0.5) is 0 Å². The van der Waals surface area contributed by atoms with E-state index >= 15 is 0 Å². The summed E-state index contributed by atoms with van der Waals surface area (Å²) in [5, 5.41) is 8.84. The molecule has 0 aliphatic carbocycles. The van der Waals surface area contributed by atoms with Gasteiger partial charge in [-0.3, -0.25) is 0 Å². The van der Waals surface area contributed by atoms with Crippen molar-refractivity contribution in [1.29, 1.82) is 5.26 Å². The van der Waals surface area contributed by atoms with Crippen LogP contribution >= 0.6 is 8.53 Å². The van der Waals surface area contributed by atoms with Gasteiger partial charge in [0.2, 0.25) is 0 Å². The van der Waals surface area contributed by atoms with Gasteiger partial charge in [0.15, 0.2) is 0 Å². The van der Waals surface area contributed by atoms with Crippen LogP contribution < -0.4 is 0 Å². The zero-order chi connectivity index (χ0) is 20.4. The van der Waals surface area contributed by atoms with Gasteiger partial charge in [-0.2, -0.15) is 5.26 Å². The lowest BCUT2D eigenvalue weighted by Gasteiger charge is -2.38. The molecule has 0 saturated carbocycles. The molecule has 0 bridgehead atoms. The van der Waals surface area contributed by atoms with E-state index in [1.165, 1.54) is 0 Å². The molecule has 1 rings (SSSR count). The number of hydrogen-bond acceptors (Lipinski definition) is 6. The third-order valence-corrected chi connectivity index (χ3v) is 6.11. The Morgan fingerprint density at radius 3 is 2.52 bits per heavy atom. The molecule has 1 saturated heterocycles. The lowest BCUT2D eigenvalue weighted by Crippen LogP contribution is -2.40. The molecule has 0 aromatic rings. The minimum absolute atomic E-state index is 0.119. The lowest BCUT2D eigenvalue weighted by molar-refractivity contribution is -0.00350. The average molecular weight is 392 g/mol. The molecule has 6 nitrogen and oxygen atoms in total. The van der Waals surface area contributed by atoms with Crippen molar-refractivity contribution in [2.24, 2.45) is 0 Å². The van der Waals surface area contributed by atoms with Crippen molar-refractivity contribution in [1.82, 2.24) is 4.67 Å². The van der Waals surface area contributed by atoms with Gasteiger partial charge in [-0.05, 0) is 34.1 Å². The number of terminal acetylenes is 1. The van der Waals surface area contributed by atoms with Crippen LogP contribution in [0, 0.1) is 23.7 Å². The molecule has 2 radical (unpaired) electrons. The highest BCUT2D eigenvalue weighted by Gasteiger charge is 2.46. The summed E-state index contributed by atoms with van der Waals surface area (Å²) in [6, 6.07) is 1.83. The van der Waals surface area contributed by atoms with Crippen LogP contribution in [0.5, 0.6) is 0 Å². The van der Waals surface area contributed by atoms with E-state index in [9.17, 15) is 0 Å². The Morgan fingerprint density at radius 1 is 1.33 bits per heavy atom. The molecule has 0 aromatic heterocycles. The second-order valence-electron chi connectivity index (χ2n) is 6.76. The van der Waals surface area contributed by atoms with Crippen molar-refractivity contribution >= 4 is 16.4 Å². The van der Waals surface area contributed by atoms with Crippen LogP contribution in [0.3, 0.4) is 0 Å². The Balaban J connectivity index is 3.05. The normalized spacial score (nSPS) is 26.3. The molecule has 0 N–H and O–H groups in total. The van der Waals surface area contributed by atoms with Crippen LogP contribution in [0.1, 0.15) is 40.5 Å². The summed E-state index contributed by atoms with van der Waals surface area (Å²) >= 11 is 0. The molecular weight excluding hydrogens is 362 g/mol. The fourth-order valence-corrected chi connectivity index (χ4v) is 4.74. The predicted molar refractivity (Wildman–Crippen MR) is 108 cm³/mol. The van der Waals surface area contributed by atoms with E-state index in [2.05, 4.69) is 50.9 Å². The standard InChI is InChI=1S/C19H30BN2O4P/c1-7-10-16-17(18(19(20)25-16)23-12-8-2)26-27(24-13-9-11-21)22(14(3)4)15(5)6/h2,7,14-19H,1,9-10,12-13H2,3-6H3. The second-order valence-corrected chi connectivity index (χ2v) is 8.17. The number of nitriles is 1. The largest absolute Gasteiger partial charge is 0.379 e. The first-order valence-electron chi connectivity index (χ1n) is 9.19. The van der Waals surface area contributed by atoms with Gasteiger partial charge in [0.1, 0.15) is 26.7 Å². The summed E-state index contributed by atoms with van der Waals surface area (Å²) in [4.78, 5) is 0. The van der Waals surface area contributed by atoms with Crippen LogP contribution in [-0.2, 0) is 18.5 Å². The maximum atomic E-state index is 8.84. The average Bonchev–Trinajstić information content (AvgIpc) is 2.87. The van der Waals surface area contributed by atoms with Crippen LogP contribution in [0.15, 0.2) is 12.7 Å². The summed E-state index contributed by atoms with van der Waals surface area (Å²) in [6.07, 6.45) is 6.70. The zero-order valence-electron chi connectivity index (χ0n) is 16.7. The van der Waals surface area contributed by atoms with Gasteiger partial charge in [-0.25, -0.2) is 4.67 Å². The van der Waals surface area contributed by atoms with E-state index in [1.807, 2.05) is 0 Å². The third-order valence-electron chi connectivity index (χ3n) is 3.98. The molecule has 27 heavy (non-hydrogen) atoms. The minimum Gasteiger partial charge on any atom is -0.379 e. The molecule has 0 aromatic carbocycles.